The predicted octanol–water partition coefficient (Wildman–Crippen LogP) is 2.43. The molecule has 1 N–H and O–H groups in total. The maximum atomic E-state index is 12.4. The van der Waals surface area contributed by atoms with Crippen molar-refractivity contribution in [3.8, 4) is 0 Å². The number of rotatable bonds is 3. The number of alkyl carbamates (subject to hydrolysis) is 1. The third-order valence-electron chi connectivity index (χ3n) is 4.91. The minimum Gasteiger partial charge on any atom is -0.444 e. The Kier molecular flexibility index (Phi) is 6.20. The molecular formula is C20H27N3O5S2. The second kappa shape index (κ2) is 8.22. The van der Waals surface area contributed by atoms with Gasteiger partial charge in [-0.1, -0.05) is 23.9 Å². The quantitative estimate of drug-likeness (QED) is 0.749. The van der Waals surface area contributed by atoms with Gasteiger partial charge >= 0.3 is 6.09 Å². The number of anilines is 1. The molecule has 10 heteroatoms. The Morgan fingerprint density at radius 3 is 2.63 bits per heavy atom. The van der Waals surface area contributed by atoms with E-state index in [1.165, 1.54) is 11.8 Å². The van der Waals surface area contributed by atoms with Gasteiger partial charge in [0.15, 0.2) is 15.0 Å². The molecule has 2 aliphatic heterocycles. The van der Waals surface area contributed by atoms with E-state index >= 15 is 0 Å². The zero-order chi connectivity index (χ0) is 22.3. The summed E-state index contributed by atoms with van der Waals surface area (Å²) in [5.74, 6) is -0.435. The number of hydrogen-bond donors (Lipinski definition) is 1. The molecular weight excluding hydrogens is 426 g/mol. The summed E-state index contributed by atoms with van der Waals surface area (Å²) in [4.78, 5) is 30.3. The first kappa shape index (κ1) is 22.6. The first-order chi connectivity index (χ1) is 13.9. The fourth-order valence-electron chi connectivity index (χ4n) is 3.45. The van der Waals surface area contributed by atoms with Gasteiger partial charge in [0.25, 0.3) is 5.91 Å². The third-order valence-corrected chi connectivity index (χ3v) is 8.12. The summed E-state index contributed by atoms with van der Waals surface area (Å²) in [5.41, 5.74) is 2.26. The number of sulfone groups is 1. The van der Waals surface area contributed by atoms with Gasteiger partial charge in [0.2, 0.25) is 0 Å². The highest BCUT2D eigenvalue weighted by atomic mass is 32.2. The Bertz CT molecular complexity index is 998. The molecule has 2 saturated heterocycles. The Morgan fingerprint density at radius 1 is 1.27 bits per heavy atom. The zero-order valence-corrected chi connectivity index (χ0v) is 19.4. The molecule has 2 atom stereocenters. The first-order valence-corrected chi connectivity index (χ1v) is 12.4. The molecule has 0 radical (unpaired) electrons. The number of aliphatic imine (C=N–C) groups is 1. The van der Waals surface area contributed by atoms with Crippen LogP contribution in [0.2, 0.25) is 0 Å². The van der Waals surface area contributed by atoms with Crippen molar-refractivity contribution in [2.45, 2.75) is 51.5 Å². The fraction of sp³-hybridized carbons (Fsp3) is 0.550. The molecule has 8 nitrogen and oxygen atoms in total. The molecule has 164 valence electrons. The standard InChI is InChI=1S/C20H27N3O5S2/c1-12-7-6-8-14(13(12)2)23-15-10-30(26,27)11-16(15)29-18(23)22-17(24)9-21-19(25)28-20(3,4)5/h6-8,15-16H,9-11H2,1-5H3,(H,21,25)/t15-,16+/m1/s1. The van der Waals surface area contributed by atoms with Crippen molar-refractivity contribution in [2.75, 3.05) is 23.0 Å². The molecule has 0 aliphatic carbocycles. The van der Waals surface area contributed by atoms with Crippen LogP contribution in [0.4, 0.5) is 10.5 Å². The molecule has 0 bridgehead atoms. The van der Waals surface area contributed by atoms with Gasteiger partial charge in [-0.05, 0) is 51.8 Å². The number of amidine groups is 1. The smallest absolute Gasteiger partial charge is 0.408 e. The molecule has 0 saturated carbocycles. The molecule has 30 heavy (non-hydrogen) atoms. The van der Waals surface area contributed by atoms with Crippen molar-refractivity contribution >= 4 is 44.5 Å². The van der Waals surface area contributed by atoms with Crippen molar-refractivity contribution in [3.05, 3.63) is 29.3 Å². The summed E-state index contributed by atoms with van der Waals surface area (Å²) in [6.45, 7) is 8.86. The maximum Gasteiger partial charge on any atom is 0.408 e. The van der Waals surface area contributed by atoms with Crippen molar-refractivity contribution in [1.82, 2.24) is 5.32 Å². The minimum atomic E-state index is -3.14. The number of carbonyl (C=O) groups excluding carboxylic acids is 2. The predicted molar refractivity (Wildman–Crippen MR) is 119 cm³/mol. The van der Waals surface area contributed by atoms with Crippen molar-refractivity contribution < 1.29 is 22.7 Å². The van der Waals surface area contributed by atoms with Crippen LogP contribution in [-0.4, -0.2) is 60.5 Å². The Labute approximate surface area is 181 Å². The lowest BCUT2D eigenvalue weighted by molar-refractivity contribution is -0.117. The average molecular weight is 454 g/mol. The lowest BCUT2D eigenvalue weighted by atomic mass is 10.1. The summed E-state index contributed by atoms with van der Waals surface area (Å²) in [5, 5.41) is 2.69. The van der Waals surface area contributed by atoms with Crippen LogP contribution in [-0.2, 0) is 19.4 Å². The molecule has 1 aromatic rings. The van der Waals surface area contributed by atoms with E-state index in [2.05, 4.69) is 10.3 Å². The van der Waals surface area contributed by atoms with E-state index in [-0.39, 0.29) is 29.3 Å². The van der Waals surface area contributed by atoms with Crippen molar-refractivity contribution in [3.63, 3.8) is 0 Å². The highest BCUT2D eigenvalue weighted by molar-refractivity contribution is 8.16. The number of benzene rings is 1. The normalized spacial score (nSPS) is 24.0. The number of fused-ring (bicyclic) bond motifs is 1. The van der Waals surface area contributed by atoms with E-state index < -0.39 is 27.4 Å². The largest absolute Gasteiger partial charge is 0.444 e. The van der Waals surface area contributed by atoms with E-state index in [1.54, 1.807) is 20.8 Å². The number of nitrogens with zero attached hydrogens (tertiary/aromatic N) is 2. The Hall–Kier alpha value is -2.07. The average Bonchev–Trinajstić information content (AvgIpc) is 3.05. The van der Waals surface area contributed by atoms with Crippen LogP contribution in [0.15, 0.2) is 23.2 Å². The van der Waals surface area contributed by atoms with E-state index in [4.69, 9.17) is 4.74 Å². The topological polar surface area (TPSA) is 105 Å². The van der Waals surface area contributed by atoms with Crippen LogP contribution in [0.25, 0.3) is 0 Å². The van der Waals surface area contributed by atoms with Gasteiger partial charge in [-0.2, -0.15) is 4.99 Å². The highest BCUT2D eigenvalue weighted by Crippen LogP contribution is 2.42. The Morgan fingerprint density at radius 2 is 1.97 bits per heavy atom. The molecule has 0 aromatic heterocycles. The molecule has 2 heterocycles. The van der Waals surface area contributed by atoms with Crippen LogP contribution in [0.5, 0.6) is 0 Å². The first-order valence-electron chi connectivity index (χ1n) is 9.67. The van der Waals surface area contributed by atoms with Crippen LogP contribution >= 0.6 is 11.8 Å². The van der Waals surface area contributed by atoms with Gasteiger partial charge in [0.05, 0.1) is 17.5 Å². The molecule has 2 aliphatic rings. The summed E-state index contributed by atoms with van der Waals surface area (Å²) >= 11 is 1.31. The molecule has 0 spiro atoms. The number of nitrogens with one attached hydrogen (secondary N) is 1. The monoisotopic (exact) mass is 453 g/mol. The molecule has 1 aromatic carbocycles. The maximum absolute atomic E-state index is 12.4. The minimum absolute atomic E-state index is 0.0292. The van der Waals surface area contributed by atoms with E-state index in [1.807, 2.05) is 36.9 Å². The lowest BCUT2D eigenvalue weighted by Gasteiger charge is -2.27. The van der Waals surface area contributed by atoms with Crippen LogP contribution in [0.1, 0.15) is 31.9 Å². The van der Waals surface area contributed by atoms with Crippen LogP contribution in [0, 0.1) is 13.8 Å². The second-order valence-electron chi connectivity index (χ2n) is 8.53. The Balaban J connectivity index is 1.83. The van der Waals surface area contributed by atoms with E-state index in [9.17, 15) is 18.0 Å². The third kappa shape index (κ3) is 5.15. The summed E-state index contributed by atoms with van der Waals surface area (Å²) in [7, 11) is -3.14. The van der Waals surface area contributed by atoms with E-state index in [0.717, 1.165) is 16.8 Å². The number of ether oxygens (including phenoxy) is 1. The molecule has 2 amide bonds. The van der Waals surface area contributed by atoms with Gasteiger partial charge in [-0.25, -0.2) is 13.2 Å². The summed E-state index contributed by atoms with van der Waals surface area (Å²) in [6.07, 6.45) is -0.690. The SMILES string of the molecule is Cc1cccc(N2C(=NC(=O)CNC(=O)OC(C)(C)C)S[C@H]3CS(=O)(=O)C[C@H]32)c1C. The van der Waals surface area contributed by atoms with Crippen molar-refractivity contribution in [2.24, 2.45) is 4.99 Å². The molecule has 0 unspecified atom stereocenters. The molecule has 3 rings (SSSR count). The van der Waals surface area contributed by atoms with Crippen molar-refractivity contribution in [1.29, 1.82) is 0 Å². The summed E-state index contributed by atoms with van der Waals surface area (Å²) in [6, 6.07) is 5.53. The second-order valence-corrected chi connectivity index (χ2v) is 11.9. The molecule has 2 fully saturated rings. The highest BCUT2D eigenvalue weighted by Gasteiger charge is 2.49. The summed E-state index contributed by atoms with van der Waals surface area (Å²) < 4.78 is 29.5. The van der Waals surface area contributed by atoms with Crippen LogP contribution < -0.4 is 10.2 Å². The number of aryl methyl sites for hydroxylation is 1. The fourth-order valence-corrected chi connectivity index (χ4v) is 7.38. The van der Waals surface area contributed by atoms with Gasteiger partial charge in [0.1, 0.15) is 12.1 Å². The number of amides is 2. The lowest BCUT2D eigenvalue weighted by Crippen LogP contribution is -2.39. The number of carbonyl (C=O) groups is 2. The van der Waals surface area contributed by atoms with E-state index in [0.29, 0.717) is 5.17 Å². The number of thioether (sulfide) groups is 1. The van der Waals surface area contributed by atoms with Gasteiger partial charge in [-0.15, -0.1) is 0 Å². The number of hydrogen-bond acceptors (Lipinski definition) is 6. The van der Waals surface area contributed by atoms with Gasteiger partial charge in [-0.3, -0.25) is 4.79 Å². The van der Waals surface area contributed by atoms with Gasteiger partial charge < -0.3 is 15.0 Å². The van der Waals surface area contributed by atoms with Gasteiger partial charge in [0, 0.05) is 10.9 Å². The zero-order valence-electron chi connectivity index (χ0n) is 17.8. The van der Waals surface area contributed by atoms with Crippen LogP contribution in [0.3, 0.4) is 0 Å².